The van der Waals surface area contributed by atoms with Crippen molar-refractivity contribution >= 4 is 35.0 Å². The van der Waals surface area contributed by atoms with E-state index in [9.17, 15) is 14.9 Å². The summed E-state index contributed by atoms with van der Waals surface area (Å²) in [6.45, 7) is 2.63. The van der Waals surface area contributed by atoms with E-state index < -0.39 is 4.92 Å². The van der Waals surface area contributed by atoms with E-state index in [2.05, 4.69) is 5.43 Å². The minimum Gasteiger partial charge on any atom is -0.288 e. The minimum absolute atomic E-state index is 0.0252. The molecule has 0 fully saturated rings. The zero-order valence-electron chi connectivity index (χ0n) is 11.6. The Morgan fingerprint density at radius 2 is 2.29 bits per heavy atom. The molecule has 1 aliphatic heterocycles. The van der Waals surface area contributed by atoms with Crippen molar-refractivity contribution < 1.29 is 9.72 Å². The summed E-state index contributed by atoms with van der Waals surface area (Å²) in [4.78, 5) is 23.5. The van der Waals surface area contributed by atoms with E-state index in [0.717, 1.165) is 12.0 Å². The quantitative estimate of drug-likeness (QED) is 0.387. The maximum atomic E-state index is 12.6. The van der Waals surface area contributed by atoms with E-state index in [0.29, 0.717) is 11.4 Å². The molecule has 0 radical (unpaired) electrons. The lowest BCUT2D eigenvalue weighted by Crippen LogP contribution is -2.26. The lowest BCUT2D eigenvalue weighted by molar-refractivity contribution is -0.384. The van der Waals surface area contributed by atoms with Crippen LogP contribution >= 0.6 is 23.5 Å². The van der Waals surface area contributed by atoms with Gasteiger partial charge in [0.25, 0.3) is 5.69 Å². The summed E-state index contributed by atoms with van der Waals surface area (Å²) < 4.78 is 1.84. The smallest absolute Gasteiger partial charge is 0.288 e. The molecule has 0 saturated carbocycles. The number of nitrogens with zero attached hydrogens (tertiary/aromatic N) is 2. The van der Waals surface area contributed by atoms with Crippen molar-refractivity contribution in [3.63, 3.8) is 0 Å². The second-order valence-electron chi connectivity index (χ2n) is 4.39. The Morgan fingerprint density at radius 1 is 1.57 bits per heavy atom. The van der Waals surface area contributed by atoms with E-state index in [1.54, 1.807) is 7.05 Å². The number of hydrogen-bond donors (Lipinski definition) is 1. The van der Waals surface area contributed by atoms with E-state index in [1.165, 1.54) is 30.1 Å². The third kappa shape index (κ3) is 3.26. The van der Waals surface area contributed by atoms with Crippen molar-refractivity contribution in [3.8, 4) is 0 Å². The number of halogens is 1. The molecule has 6 nitrogen and oxygen atoms in total. The van der Waals surface area contributed by atoms with Crippen LogP contribution in [-0.2, 0) is 0 Å². The molecule has 2 rings (SSSR count). The average Bonchev–Trinajstić information content (AvgIpc) is 2.90. The standard InChI is InChI=1S/C13H14ClN3O3S/c1-3-8-7-16(15-2)21-13(8)12(18)9-4-5-10(14)11(6-9)17(19)20/h4-6,15H,3,7H2,1-2H3. The summed E-state index contributed by atoms with van der Waals surface area (Å²) >= 11 is 7.08. The normalized spacial score (nSPS) is 15.6. The fraction of sp³-hybridized carbons (Fsp3) is 0.308. The topological polar surface area (TPSA) is 75.5 Å². The molecule has 1 aromatic carbocycles. The van der Waals surface area contributed by atoms with Crippen LogP contribution in [0.15, 0.2) is 28.7 Å². The molecule has 0 unspecified atom stereocenters. The van der Waals surface area contributed by atoms with E-state index in [-0.39, 0.29) is 22.1 Å². The summed E-state index contributed by atoms with van der Waals surface area (Å²) in [5.41, 5.74) is 4.01. The summed E-state index contributed by atoms with van der Waals surface area (Å²) in [6.07, 6.45) is 0.752. The van der Waals surface area contributed by atoms with Crippen LogP contribution in [0.1, 0.15) is 23.7 Å². The first-order chi connectivity index (χ1) is 9.97. The van der Waals surface area contributed by atoms with E-state index in [1.807, 2.05) is 11.3 Å². The Hall–Kier alpha value is -1.41. The lowest BCUT2D eigenvalue weighted by Gasteiger charge is -2.11. The minimum atomic E-state index is -0.587. The number of benzene rings is 1. The van der Waals surface area contributed by atoms with Crippen LogP contribution in [0, 0.1) is 10.1 Å². The molecule has 1 heterocycles. The predicted molar refractivity (Wildman–Crippen MR) is 83.1 cm³/mol. The number of carbonyl (C=O) groups excluding carboxylic acids is 1. The number of ketones is 1. The van der Waals surface area contributed by atoms with Crippen LogP contribution in [0.3, 0.4) is 0 Å². The molecule has 0 spiro atoms. The van der Waals surface area contributed by atoms with Crippen molar-refractivity contribution in [2.45, 2.75) is 13.3 Å². The van der Waals surface area contributed by atoms with Crippen LogP contribution in [-0.4, -0.2) is 28.7 Å². The highest BCUT2D eigenvalue weighted by molar-refractivity contribution is 8.02. The van der Waals surface area contributed by atoms with Crippen molar-refractivity contribution in [1.82, 2.24) is 9.84 Å². The van der Waals surface area contributed by atoms with Gasteiger partial charge in [0.15, 0.2) is 0 Å². The van der Waals surface area contributed by atoms with Gasteiger partial charge in [-0.2, -0.15) is 4.41 Å². The molecule has 0 amide bonds. The second kappa shape index (κ2) is 6.57. The van der Waals surface area contributed by atoms with Gasteiger partial charge in [-0.25, -0.2) is 5.43 Å². The van der Waals surface area contributed by atoms with Gasteiger partial charge in [0, 0.05) is 18.2 Å². The average molecular weight is 328 g/mol. The highest BCUT2D eigenvalue weighted by atomic mass is 35.5. The van der Waals surface area contributed by atoms with E-state index >= 15 is 0 Å². The second-order valence-corrected chi connectivity index (χ2v) is 5.83. The first kappa shape index (κ1) is 16.0. The fourth-order valence-corrected chi connectivity index (χ4v) is 3.23. The summed E-state index contributed by atoms with van der Waals surface area (Å²) in [6, 6.07) is 4.13. The first-order valence-electron chi connectivity index (χ1n) is 6.31. The Labute approximate surface area is 131 Å². The monoisotopic (exact) mass is 327 g/mol. The van der Waals surface area contributed by atoms with Crippen molar-refractivity contribution in [1.29, 1.82) is 0 Å². The Kier molecular flexibility index (Phi) is 5.00. The molecular weight excluding hydrogens is 314 g/mol. The van der Waals surface area contributed by atoms with Gasteiger partial charge in [0.1, 0.15) is 5.02 Å². The molecule has 0 bridgehead atoms. The highest BCUT2D eigenvalue weighted by Crippen LogP contribution is 2.36. The molecule has 0 aliphatic carbocycles. The third-order valence-corrected chi connectivity index (χ3v) is 4.65. The number of nitro groups is 1. The highest BCUT2D eigenvalue weighted by Gasteiger charge is 2.28. The molecule has 112 valence electrons. The van der Waals surface area contributed by atoms with Gasteiger partial charge < -0.3 is 0 Å². The summed E-state index contributed by atoms with van der Waals surface area (Å²) in [7, 11) is 1.78. The van der Waals surface area contributed by atoms with Gasteiger partial charge in [-0.15, -0.1) is 0 Å². The number of nitro benzene ring substituents is 1. The Bertz CT molecular complexity index is 633. The number of nitrogens with one attached hydrogen (secondary N) is 1. The molecule has 0 aromatic heterocycles. The van der Waals surface area contributed by atoms with Crippen LogP contribution in [0.25, 0.3) is 0 Å². The van der Waals surface area contributed by atoms with Gasteiger partial charge in [-0.05, 0) is 43.1 Å². The maximum absolute atomic E-state index is 12.6. The third-order valence-electron chi connectivity index (χ3n) is 3.14. The number of allylic oxidation sites excluding steroid dienone is 1. The molecule has 1 aromatic rings. The summed E-state index contributed by atoms with van der Waals surface area (Å²) in [5, 5.41) is 10.9. The van der Waals surface area contributed by atoms with Crippen molar-refractivity contribution in [2.24, 2.45) is 0 Å². The van der Waals surface area contributed by atoms with Crippen LogP contribution in [0.5, 0.6) is 0 Å². The number of hydrogen-bond acceptors (Lipinski definition) is 6. The molecular formula is C13H14ClN3O3S. The van der Waals surface area contributed by atoms with E-state index in [4.69, 9.17) is 11.6 Å². The molecule has 0 saturated heterocycles. The van der Waals surface area contributed by atoms with Crippen LogP contribution in [0.4, 0.5) is 5.69 Å². The molecule has 8 heteroatoms. The molecule has 21 heavy (non-hydrogen) atoms. The maximum Gasteiger partial charge on any atom is 0.288 e. The van der Waals surface area contributed by atoms with Crippen molar-refractivity contribution in [3.05, 3.63) is 49.4 Å². The van der Waals surface area contributed by atoms with Crippen LogP contribution in [0.2, 0.25) is 5.02 Å². The number of rotatable bonds is 5. The summed E-state index contributed by atoms with van der Waals surface area (Å²) in [5.74, 6) is -0.214. The number of hydrazine groups is 1. The fourth-order valence-electron chi connectivity index (χ4n) is 1.98. The number of carbonyl (C=O) groups is 1. The molecule has 1 N–H and O–H groups in total. The predicted octanol–water partition coefficient (Wildman–Crippen LogP) is 3.19. The van der Waals surface area contributed by atoms with Gasteiger partial charge in [0.2, 0.25) is 5.78 Å². The first-order valence-corrected chi connectivity index (χ1v) is 7.46. The van der Waals surface area contributed by atoms with Gasteiger partial charge in [-0.3, -0.25) is 14.9 Å². The van der Waals surface area contributed by atoms with Crippen molar-refractivity contribution in [2.75, 3.05) is 13.6 Å². The van der Waals surface area contributed by atoms with Gasteiger partial charge in [0.05, 0.1) is 9.83 Å². The lowest BCUT2D eigenvalue weighted by atomic mass is 10.1. The zero-order chi connectivity index (χ0) is 15.6. The van der Waals surface area contributed by atoms with Gasteiger partial charge >= 0.3 is 0 Å². The zero-order valence-corrected chi connectivity index (χ0v) is 13.1. The Balaban J connectivity index is 2.36. The van der Waals surface area contributed by atoms with Crippen LogP contribution < -0.4 is 5.43 Å². The largest absolute Gasteiger partial charge is 0.288 e. The van der Waals surface area contributed by atoms with Gasteiger partial charge in [-0.1, -0.05) is 18.5 Å². The Morgan fingerprint density at radius 3 is 2.86 bits per heavy atom. The molecule has 1 aliphatic rings. The molecule has 0 atom stereocenters. The number of Topliss-reactive ketones (excluding diaryl/α,β-unsaturated/α-hetero) is 1. The SMILES string of the molecule is CCC1=C(C(=O)c2ccc(Cl)c([N+](=O)[O-])c2)SN(NC)C1.